The lowest BCUT2D eigenvalue weighted by atomic mass is 9.96. The number of hydrogen-bond donors (Lipinski definition) is 2. The van der Waals surface area contributed by atoms with Gasteiger partial charge in [-0.1, -0.05) is 5.16 Å². The molecule has 0 atom stereocenters. The number of H-pyrrole nitrogens is 1. The molecule has 3 heterocycles. The summed E-state index contributed by atoms with van der Waals surface area (Å²) in [7, 11) is 1.52. The van der Waals surface area contributed by atoms with Crippen molar-refractivity contribution in [3.8, 4) is 0 Å². The minimum atomic E-state index is -0.361. The van der Waals surface area contributed by atoms with Crippen molar-refractivity contribution in [1.29, 1.82) is 0 Å². The monoisotopic (exact) mass is 358 g/mol. The van der Waals surface area contributed by atoms with Crippen LogP contribution in [-0.4, -0.2) is 51.1 Å². The zero-order valence-corrected chi connectivity index (χ0v) is 14.3. The Hall–Kier alpha value is -2.81. The molecular formula is C17H19FN6O2. The van der Waals surface area contributed by atoms with Gasteiger partial charge in [-0.3, -0.25) is 9.69 Å². The fraction of sp³-hybridized carbons (Fsp3) is 0.412. The average molecular weight is 358 g/mol. The smallest absolute Gasteiger partial charge is 0.292 e. The van der Waals surface area contributed by atoms with Crippen molar-refractivity contribution in [3.05, 3.63) is 41.6 Å². The number of piperidine rings is 1. The van der Waals surface area contributed by atoms with Crippen molar-refractivity contribution in [2.24, 2.45) is 0 Å². The molecule has 1 saturated heterocycles. The fourth-order valence-electron chi connectivity index (χ4n) is 3.27. The minimum Gasteiger partial charge on any atom is -0.352 e. The van der Waals surface area contributed by atoms with Crippen LogP contribution >= 0.6 is 0 Å². The molecule has 1 fully saturated rings. The summed E-state index contributed by atoms with van der Waals surface area (Å²) in [6.45, 7) is 2.23. The average Bonchev–Trinajstić information content (AvgIpc) is 3.28. The van der Waals surface area contributed by atoms with Gasteiger partial charge >= 0.3 is 0 Å². The van der Waals surface area contributed by atoms with Crippen molar-refractivity contribution in [3.63, 3.8) is 0 Å². The minimum absolute atomic E-state index is 0.0480. The summed E-state index contributed by atoms with van der Waals surface area (Å²) in [4.78, 5) is 25.6. The van der Waals surface area contributed by atoms with E-state index >= 15 is 0 Å². The van der Waals surface area contributed by atoms with E-state index < -0.39 is 0 Å². The molecule has 4 rings (SSSR count). The third kappa shape index (κ3) is 3.30. The first kappa shape index (κ1) is 16.6. The lowest BCUT2D eigenvalue weighted by Gasteiger charge is -2.29. The predicted octanol–water partition coefficient (Wildman–Crippen LogP) is 1.82. The molecule has 0 spiro atoms. The Labute approximate surface area is 148 Å². The Morgan fingerprint density at radius 1 is 1.38 bits per heavy atom. The Kier molecular flexibility index (Phi) is 4.37. The van der Waals surface area contributed by atoms with Gasteiger partial charge in [-0.05, 0) is 44.1 Å². The number of benzene rings is 1. The van der Waals surface area contributed by atoms with Crippen molar-refractivity contribution >= 4 is 16.9 Å². The second-order valence-corrected chi connectivity index (χ2v) is 6.42. The predicted molar refractivity (Wildman–Crippen MR) is 91.0 cm³/mol. The zero-order chi connectivity index (χ0) is 18.1. The molecule has 1 aliphatic rings. The van der Waals surface area contributed by atoms with Gasteiger partial charge in [-0.2, -0.15) is 4.98 Å². The molecule has 0 radical (unpaired) electrons. The molecule has 0 saturated carbocycles. The number of imidazole rings is 1. The molecule has 1 aliphatic heterocycles. The van der Waals surface area contributed by atoms with Gasteiger partial charge in [0.25, 0.3) is 11.7 Å². The Morgan fingerprint density at radius 2 is 2.19 bits per heavy atom. The van der Waals surface area contributed by atoms with E-state index in [1.165, 1.54) is 19.2 Å². The molecule has 2 N–H and O–H groups in total. The van der Waals surface area contributed by atoms with Gasteiger partial charge in [-0.15, -0.1) is 0 Å². The van der Waals surface area contributed by atoms with Crippen LogP contribution in [0.4, 0.5) is 4.39 Å². The van der Waals surface area contributed by atoms with Gasteiger partial charge in [0.05, 0.1) is 17.6 Å². The third-order valence-corrected chi connectivity index (χ3v) is 4.69. The lowest BCUT2D eigenvalue weighted by Crippen LogP contribution is -2.33. The van der Waals surface area contributed by atoms with Gasteiger partial charge in [0.15, 0.2) is 0 Å². The third-order valence-electron chi connectivity index (χ3n) is 4.69. The van der Waals surface area contributed by atoms with Crippen molar-refractivity contribution < 1.29 is 13.7 Å². The highest BCUT2D eigenvalue weighted by Crippen LogP contribution is 2.28. The number of carbonyl (C=O) groups is 1. The number of aromatic nitrogens is 4. The van der Waals surface area contributed by atoms with E-state index in [1.807, 2.05) is 0 Å². The van der Waals surface area contributed by atoms with Crippen LogP contribution in [0, 0.1) is 5.82 Å². The number of carbonyl (C=O) groups excluding carboxylic acids is 1. The van der Waals surface area contributed by atoms with Crippen LogP contribution in [0.25, 0.3) is 11.0 Å². The fourth-order valence-corrected chi connectivity index (χ4v) is 3.27. The summed E-state index contributed by atoms with van der Waals surface area (Å²) >= 11 is 0. The number of amides is 1. The van der Waals surface area contributed by atoms with E-state index in [1.54, 1.807) is 6.07 Å². The maximum absolute atomic E-state index is 13.3. The summed E-state index contributed by atoms with van der Waals surface area (Å²) in [5.74, 6) is 1.07. The van der Waals surface area contributed by atoms with E-state index in [0.717, 1.165) is 42.8 Å². The highest BCUT2D eigenvalue weighted by atomic mass is 19.1. The first-order valence-electron chi connectivity index (χ1n) is 8.54. The maximum Gasteiger partial charge on any atom is 0.292 e. The van der Waals surface area contributed by atoms with Gasteiger partial charge in [-0.25, -0.2) is 9.37 Å². The van der Waals surface area contributed by atoms with E-state index in [4.69, 9.17) is 4.52 Å². The number of nitrogens with one attached hydrogen (secondary N) is 2. The number of rotatable bonds is 4. The van der Waals surface area contributed by atoms with Crippen LogP contribution in [-0.2, 0) is 6.54 Å². The van der Waals surface area contributed by atoms with E-state index in [0.29, 0.717) is 18.4 Å². The topological polar surface area (TPSA) is 99.9 Å². The second-order valence-electron chi connectivity index (χ2n) is 6.42. The SMILES string of the molecule is CNC(=O)c1noc(CN2CCC(c3nc4ccc(F)cc4[nH]3)CC2)n1. The van der Waals surface area contributed by atoms with Crippen LogP contribution in [0.5, 0.6) is 0 Å². The van der Waals surface area contributed by atoms with E-state index in [2.05, 4.69) is 30.3 Å². The Morgan fingerprint density at radius 3 is 2.96 bits per heavy atom. The molecular weight excluding hydrogens is 339 g/mol. The maximum atomic E-state index is 13.3. The molecule has 0 aliphatic carbocycles. The molecule has 0 bridgehead atoms. The highest BCUT2D eigenvalue weighted by molar-refractivity contribution is 5.89. The first-order chi connectivity index (χ1) is 12.6. The summed E-state index contributed by atoms with van der Waals surface area (Å²) in [6.07, 6.45) is 1.86. The lowest BCUT2D eigenvalue weighted by molar-refractivity contribution is 0.0950. The van der Waals surface area contributed by atoms with Gasteiger partial charge in [0, 0.05) is 13.0 Å². The number of likely N-dealkylation sites (tertiary alicyclic amines) is 1. The Bertz CT molecular complexity index is 928. The quantitative estimate of drug-likeness (QED) is 0.738. The standard InChI is InChI=1S/C17H19FN6O2/c1-19-17(25)16-22-14(26-23-16)9-24-6-4-10(5-7-24)15-20-12-3-2-11(18)8-13(12)21-15/h2-3,8,10H,4-7,9H2,1H3,(H,19,25)(H,20,21). The number of fused-ring (bicyclic) bond motifs is 1. The van der Waals surface area contributed by atoms with Crippen LogP contribution in [0.3, 0.4) is 0 Å². The van der Waals surface area contributed by atoms with Crippen LogP contribution in [0.1, 0.15) is 41.1 Å². The molecule has 1 amide bonds. The van der Waals surface area contributed by atoms with E-state index in [9.17, 15) is 9.18 Å². The van der Waals surface area contributed by atoms with Crippen molar-refractivity contribution in [2.75, 3.05) is 20.1 Å². The molecule has 2 aromatic heterocycles. The number of halogens is 1. The summed E-state index contributed by atoms with van der Waals surface area (Å²) < 4.78 is 18.5. The first-order valence-corrected chi connectivity index (χ1v) is 8.54. The number of aromatic amines is 1. The number of hydrogen-bond acceptors (Lipinski definition) is 6. The largest absolute Gasteiger partial charge is 0.352 e. The molecule has 0 unspecified atom stereocenters. The van der Waals surface area contributed by atoms with Crippen LogP contribution < -0.4 is 5.32 Å². The van der Waals surface area contributed by atoms with Gasteiger partial charge < -0.3 is 14.8 Å². The normalized spacial score (nSPS) is 16.2. The van der Waals surface area contributed by atoms with Crippen molar-refractivity contribution in [2.45, 2.75) is 25.3 Å². The summed E-state index contributed by atoms with van der Waals surface area (Å²) in [5, 5.41) is 6.14. The molecule has 1 aromatic carbocycles. The molecule has 9 heteroatoms. The molecule has 26 heavy (non-hydrogen) atoms. The van der Waals surface area contributed by atoms with Gasteiger partial charge in [0.2, 0.25) is 5.89 Å². The van der Waals surface area contributed by atoms with E-state index in [-0.39, 0.29) is 17.5 Å². The zero-order valence-electron chi connectivity index (χ0n) is 14.3. The molecule has 8 nitrogen and oxygen atoms in total. The summed E-state index contributed by atoms with van der Waals surface area (Å²) in [5.41, 5.74) is 1.52. The highest BCUT2D eigenvalue weighted by Gasteiger charge is 2.24. The number of nitrogens with zero attached hydrogens (tertiary/aromatic N) is 4. The summed E-state index contributed by atoms with van der Waals surface area (Å²) in [6, 6.07) is 4.59. The molecule has 136 valence electrons. The van der Waals surface area contributed by atoms with Crippen LogP contribution in [0.2, 0.25) is 0 Å². The molecule has 3 aromatic rings. The van der Waals surface area contributed by atoms with Gasteiger partial charge in [0.1, 0.15) is 11.6 Å². The Balaban J connectivity index is 1.37. The second kappa shape index (κ2) is 6.83. The van der Waals surface area contributed by atoms with Crippen molar-refractivity contribution in [1.82, 2.24) is 30.3 Å². The van der Waals surface area contributed by atoms with Crippen LogP contribution in [0.15, 0.2) is 22.7 Å².